The van der Waals surface area contributed by atoms with Crippen LogP contribution >= 0.6 is 11.3 Å². The van der Waals surface area contributed by atoms with Crippen molar-refractivity contribution in [2.45, 2.75) is 26.1 Å². The maximum atomic E-state index is 5.86. The molecule has 0 amide bonds. The molecule has 6 heteroatoms. The van der Waals surface area contributed by atoms with Crippen LogP contribution in [0.2, 0.25) is 0 Å². The molecule has 2 heterocycles. The highest BCUT2D eigenvalue weighted by molar-refractivity contribution is 7.09. The van der Waals surface area contributed by atoms with E-state index in [0.29, 0.717) is 6.61 Å². The molecule has 1 aliphatic rings. The van der Waals surface area contributed by atoms with Gasteiger partial charge >= 0.3 is 0 Å². The predicted molar refractivity (Wildman–Crippen MR) is 121 cm³/mol. The fraction of sp³-hybridized carbons (Fsp3) is 0.375. The Hall–Kier alpha value is -2.25. The van der Waals surface area contributed by atoms with Crippen LogP contribution in [-0.4, -0.2) is 42.7 Å². The normalized spacial score (nSPS) is 15.8. The first kappa shape index (κ1) is 21.0. The van der Waals surface area contributed by atoms with Crippen molar-refractivity contribution in [1.29, 1.82) is 0 Å². The quantitative estimate of drug-likeness (QED) is 0.559. The van der Waals surface area contributed by atoms with Crippen LogP contribution in [0.5, 0.6) is 5.75 Å². The van der Waals surface area contributed by atoms with E-state index in [9.17, 15) is 0 Å². The number of nitrogens with one attached hydrogen (secondary N) is 1. The topological polar surface area (TPSA) is 46.6 Å². The second kappa shape index (κ2) is 10.7. The van der Waals surface area contributed by atoms with E-state index in [1.165, 1.54) is 11.1 Å². The van der Waals surface area contributed by atoms with Crippen molar-refractivity contribution >= 4 is 11.3 Å². The molecule has 1 aromatic heterocycles. The molecular formula is C24H29N3O2S. The van der Waals surface area contributed by atoms with Gasteiger partial charge in [-0.2, -0.15) is 0 Å². The lowest BCUT2D eigenvalue weighted by atomic mass is 10.1. The van der Waals surface area contributed by atoms with Crippen LogP contribution in [-0.2, 0) is 17.9 Å². The van der Waals surface area contributed by atoms with E-state index in [2.05, 4.69) is 57.7 Å². The van der Waals surface area contributed by atoms with Gasteiger partial charge in [-0.3, -0.25) is 4.90 Å². The number of hydrogen-bond donors (Lipinski definition) is 1. The number of aromatic nitrogens is 1. The van der Waals surface area contributed by atoms with Gasteiger partial charge in [-0.15, -0.1) is 11.3 Å². The Morgan fingerprint density at radius 1 is 1.10 bits per heavy atom. The maximum absolute atomic E-state index is 5.86. The molecule has 1 N–H and O–H groups in total. The average molecular weight is 424 g/mol. The number of aryl methyl sites for hydroxylation is 1. The Morgan fingerprint density at radius 2 is 1.87 bits per heavy atom. The Labute approximate surface area is 182 Å². The number of morpholine rings is 1. The molecule has 1 saturated heterocycles. The van der Waals surface area contributed by atoms with Gasteiger partial charge in [0.1, 0.15) is 12.4 Å². The molecule has 0 radical (unpaired) electrons. The summed E-state index contributed by atoms with van der Waals surface area (Å²) in [5.41, 5.74) is 3.55. The molecule has 1 unspecified atom stereocenters. The van der Waals surface area contributed by atoms with Crippen molar-refractivity contribution < 1.29 is 9.47 Å². The summed E-state index contributed by atoms with van der Waals surface area (Å²) in [4.78, 5) is 6.92. The summed E-state index contributed by atoms with van der Waals surface area (Å²) >= 11 is 1.65. The number of benzene rings is 2. The van der Waals surface area contributed by atoms with E-state index in [4.69, 9.17) is 9.47 Å². The van der Waals surface area contributed by atoms with Gasteiger partial charge < -0.3 is 14.8 Å². The molecule has 0 spiro atoms. The van der Waals surface area contributed by atoms with Gasteiger partial charge in [0.15, 0.2) is 0 Å². The van der Waals surface area contributed by atoms with E-state index >= 15 is 0 Å². The van der Waals surface area contributed by atoms with Crippen molar-refractivity contribution in [1.82, 2.24) is 15.2 Å². The van der Waals surface area contributed by atoms with Crippen molar-refractivity contribution in [3.63, 3.8) is 0 Å². The SMILES string of the molecule is Cc1nc(COc2ccc(CNC(CN3CCOCC3)c3ccccc3)cc2)cs1. The Bertz CT molecular complexity index is 892. The first-order valence-corrected chi connectivity index (χ1v) is 11.4. The second-order valence-corrected chi connectivity index (χ2v) is 8.61. The molecule has 0 bridgehead atoms. The molecular weight excluding hydrogens is 394 g/mol. The zero-order valence-electron chi connectivity index (χ0n) is 17.4. The predicted octanol–water partition coefficient (Wildman–Crippen LogP) is 4.19. The zero-order valence-corrected chi connectivity index (χ0v) is 18.2. The number of nitrogens with zero attached hydrogens (tertiary/aromatic N) is 2. The van der Waals surface area contributed by atoms with Crippen molar-refractivity contribution in [3.05, 3.63) is 81.8 Å². The number of rotatable bonds is 9. The highest BCUT2D eigenvalue weighted by Crippen LogP contribution is 2.18. The summed E-state index contributed by atoms with van der Waals surface area (Å²) in [6, 6.07) is 19.3. The van der Waals surface area contributed by atoms with Gasteiger partial charge in [-0.25, -0.2) is 4.98 Å². The van der Waals surface area contributed by atoms with E-state index in [1.807, 2.05) is 24.4 Å². The third-order valence-electron chi connectivity index (χ3n) is 5.28. The van der Waals surface area contributed by atoms with Crippen molar-refractivity contribution in [3.8, 4) is 5.75 Å². The minimum absolute atomic E-state index is 0.285. The fourth-order valence-corrected chi connectivity index (χ4v) is 4.19. The number of hydrogen-bond acceptors (Lipinski definition) is 6. The smallest absolute Gasteiger partial charge is 0.131 e. The molecule has 1 aliphatic heterocycles. The fourth-order valence-electron chi connectivity index (χ4n) is 3.59. The van der Waals surface area contributed by atoms with Gasteiger partial charge in [0.2, 0.25) is 0 Å². The van der Waals surface area contributed by atoms with E-state index in [-0.39, 0.29) is 6.04 Å². The standard InChI is InChI=1S/C24H29N3O2S/c1-19-26-22(18-30-19)17-29-23-9-7-20(8-10-23)15-25-24(21-5-3-2-4-6-21)16-27-11-13-28-14-12-27/h2-10,18,24-25H,11-17H2,1H3. The third kappa shape index (κ3) is 6.12. The van der Waals surface area contributed by atoms with Crippen LogP contribution in [0.15, 0.2) is 60.0 Å². The molecule has 0 saturated carbocycles. The molecule has 0 aliphatic carbocycles. The van der Waals surface area contributed by atoms with E-state index in [1.54, 1.807) is 11.3 Å². The number of ether oxygens (including phenoxy) is 2. The summed E-state index contributed by atoms with van der Waals surface area (Å²) in [7, 11) is 0. The van der Waals surface area contributed by atoms with Gasteiger partial charge in [0.05, 0.1) is 23.9 Å². The van der Waals surface area contributed by atoms with Crippen LogP contribution in [0.25, 0.3) is 0 Å². The van der Waals surface area contributed by atoms with Crippen LogP contribution in [0, 0.1) is 6.92 Å². The zero-order chi connectivity index (χ0) is 20.6. The lowest BCUT2D eigenvalue weighted by Crippen LogP contribution is -2.41. The molecule has 2 aromatic carbocycles. The van der Waals surface area contributed by atoms with Crippen LogP contribution in [0.1, 0.15) is 27.9 Å². The highest BCUT2D eigenvalue weighted by Gasteiger charge is 2.18. The summed E-state index contributed by atoms with van der Waals surface area (Å²) in [6.45, 7) is 7.96. The molecule has 5 nitrogen and oxygen atoms in total. The van der Waals surface area contributed by atoms with Crippen LogP contribution in [0.3, 0.4) is 0 Å². The van der Waals surface area contributed by atoms with E-state index in [0.717, 1.165) is 55.8 Å². The Balaban J connectivity index is 1.33. The molecule has 158 valence electrons. The Morgan fingerprint density at radius 3 is 2.57 bits per heavy atom. The lowest BCUT2D eigenvalue weighted by Gasteiger charge is -2.31. The van der Waals surface area contributed by atoms with Crippen LogP contribution < -0.4 is 10.1 Å². The lowest BCUT2D eigenvalue weighted by molar-refractivity contribution is 0.0333. The van der Waals surface area contributed by atoms with Crippen LogP contribution in [0.4, 0.5) is 0 Å². The third-order valence-corrected chi connectivity index (χ3v) is 6.10. The summed E-state index contributed by atoms with van der Waals surface area (Å²) < 4.78 is 11.4. The van der Waals surface area contributed by atoms with Crippen molar-refractivity contribution in [2.75, 3.05) is 32.8 Å². The largest absolute Gasteiger partial charge is 0.487 e. The maximum Gasteiger partial charge on any atom is 0.131 e. The van der Waals surface area contributed by atoms with Crippen molar-refractivity contribution in [2.24, 2.45) is 0 Å². The minimum Gasteiger partial charge on any atom is -0.487 e. The molecule has 4 rings (SSSR count). The summed E-state index contributed by atoms with van der Waals surface area (Å²) in [5.74, 6) is 0.873. The average Bonchev–Trinajstić information content (AvgIpc) is 3.22. The minimum atomic E-state index is 0.285. The molecule has 3 aromatic rings. The van der Waals surface area contributed by atoms with Gasteiger partial charge in [0, 0.05) is 37.6 Å². The molecule has 30 heavy (non-hydrogen) atoms. The monoisotopic (exact) mass is 423 g/mol. The molecule has 1 atom stereocenters. The second-order valence-electron chi connectivity index (χ2n) is 7.55. The summed E-state index contributed by atoms with van der Waals surface area (Å²) in [5, 5.41) is 6.86. The summed E-state index contributed by atoms with van der Waals surface area (Å²) in [6.07, 6.45) is 0. The van der Waals surface area contributed by atoms with Gasteiger partial charge in [-0.1, -0.05) is 42.5 Å². The van der Waals surface area contributed by atoms with Gasteiger partial charge in [-0.05, 0) is 30.2 Å². The first-order valence-electron chi connectivity index (χ1n) is 10.5. The van der Waals surface area contributed by atoms with Gasteiger partial charge in [0.25, 0.3) is 0 Å². The highest BCUT2D eigenvalue weighted by atomic mass is 32.1. The first-order chi connectivity index (χ1) is 14.8. The Kier molecular flexibility index (Phi) is 7.48. The van der Waals surface area contributed by atoms with E-state index < -0.39 is 0 Å². The molecule has 1 fully saturated rings. The number of thiazole rings is 1.